The lowest BCUT2D eigenvalue weighted by atomic mass is 9.85. The fourth-order valence-electron chi connectivity index (χ4n) is 2.89. The molecule has 0 aromatic rings. The molecule has 2 aliphatic carbocycles. The lowest BCUT2D eigenvalue weighted by molar-refractivity contribution is 0.00392. The van der Waals surface area contributed by atoms with Crippen LogP contribution in [0.5, 0.6) is 0 Å². The van der Waals surface area contributed by atoms with Crippen molar-refractivity contribution in [2.45, 2.75) is 69.6 Å². The first-order valence-corrected chi connectivity index (χ1v) is 7.26. The van der Waals surface area contributed by atoms with Crippen LogP contribution in [-0.4, -0.2) is 47.8 Å². The molecular formula is C14H28N2O. The number of aliphatic hydroxyl groups is 1. The van der Waals surface area contributed by atoms with Gasteiger partial charge in [-0.05, 0) is 39.7 Å². The van der Waals surface area contributed by atoms with Crippen molar-refractivity contribution in [1.29, 1.82) is 0 Å². The van der Waals surface area contributed by atoms with Crippen LogP contribution in [0.15, 0.2) is 0 Å². The van der Waals surface area contributed by atoms with Crippen LogP contribution < -0.4 is 5.32 Å². The van der Waals surface area contributed by atoms with Gasteiger partial charge >= 0.3 is 0 Å². The number of nitrogens with zero attached hydrogens (tertiary/aromatic N) is 1. The Morgan fingerprint density at radius 3 is 2.53 bits per heavy atom. The largest absolute Gasteiger partial charge is 0.389 e. The van der Waals surface area contributed by atoms with Gasteiger partial charge in [0.15, 0.2) is 0 Å². The Hall–Kier alpha value is -0.120. The molecule has 0 aliphatic heterocycles. The predicted molar refractivity (Wildman–Crippen MR) is 71.2 cm³/mol. The zero-order chi connectivity index (χ0) is 12.3. The topological polar surface area (TPSA) is 35.5 Å². The minimum Gasteiger partial charge on any atom is -0.389 e. The van der Waals surface area contributed by atoms with Crippen LogP contribution in [0.2, 0.25) is 0 Å². The standard InChI is InChI=1S/C14H28N2O/c1-12(16(2)13-6-7-13)10-15-11-14(17)8-4-3-5-9-14/h12-13,15,17H,3-11H2,1-2H3. The van der Waals surface area contributed by atoms with Gasteiger partial charge in [-0.3, -0.25) is 4.90 Å². The minimum atomic E-state index is -0.421. The maximum atomic E-state index is 10.4. The number of rotatable bonds is 6. The lowest BCUT2D eigenvalue weighted by Gasteiger charge is -2.33. The Morgan fingerprint density at radius 2 is 1.94 bits per heavy atom. The summed E-state index contributed by atoms with van der Waals surface area (Å²) in [5.74, 6) is 0. The summed E-state index contributed by atoms with van der Waals surface area (Å²) >= 11 is 0. The van der Waals surface area contributed by atoms with Crippen molar-refractivity contribution >= 4 is 0 Å². The van der Waals surface area contributed by atoms with E-state index >= 15 is 0 Å². The van der Waals surface area contributed by atoms with Gasteiger partial charge in [0, 0.05) is 25.2 Å². The average molecular weight is 240 g/mol. The van der Waals surface area contributed by atoms with Crippen molar-refractivity contribution in [3.8, 4) is 0 Å². The fourth-order valence-corrected chi connectivity index (χ4v) is 2.89. The van der Waals surface area contributed by atoms with E-state index in [0.29, 0.717) is 6.04 Å². The molecule has 0 spiro atoms. The minimum absolute atomic E-state index is 0.421. The first-order chi connectivity index (χ1) is 8.11. The molecule has 3 heteroatoms. The quantitative estimate of drug-likeness (QED) is 0.742. The zero-order valence-corrected chi connectivity index (χ0v) is 11.4. The van der Waals surface area contributed by atoms with Crippen LogP contribution in [0.25, 0.3) is 0 Å². The SMILES string of the molecule is CC(CNCC1(O)CCCCC1)N(C)C1CC1. The van der Waals surface area contributed by atoms with Crippen LogP contribution >= 0.6 is 0 Å². The van der Waals surface area contributed by atoms with Crippen molar-refractivity contribution in [3.05, 3.63) is 0 Å². The molecule has 0 aromatic heterocycles. The van der Waals surface area contributed by atoms with Crippen molar-refractivity contribution in [2.24, 2.45) is 0 Å². The number of hydrogen-bond acceptors (Lipinski definition) is 3. The highest BCUT2D eigenvalue weighted by Gasteiger charge is 2.31. The third-order valence-electron chi connectivity index (χ3n) is 4.50. The van der Waals surface area contributed by atoms with E-state index in [1.54, 1.807) is 0 Å². The van der Waals surface area contributed by atoms with Gasteiger partial charge in [-0.25, -0.2) is 0 Å². The van der Waals surface area contributed by atoms with Gasteiger partial charge in [-0.2, -0.15) is 0 Å². The Bertz CT molecular complexity index is 234. The smallest absolute Gasteiger partial charge is 0.0771 e. The molecular weight excluding hydrogens is 212 g/mol. The molecule has 0 saturated heterocycles. The molecule has 2 saturated carbocycles. The van der Waals surface area contributed by atoms with Crippen LogP contribution in [0.1, 0.15) is 51.9 Å². The summed E-state index contributed by atoms with van der Waals surface area (Å²) in [7, 11) is 2.22. The Morgan fingerprint density at radius 1 is 1.29 bits per heavy atom. The summed E-state index contributed by atoms with van der Waals surface area (Å²) in [5, 5.41) is 13.8. The lowest BCUT2D eigenvalue weighted by Crippen LogP contribution is -2.46. The van der Waals surface area contributed by atoms with E-state index in [1.165, 1.54) is 32.1 Å². The zero-order valence-electron chi connectivity index (χ0n) is 11.4. The molecule has 0 heterocycles. The average Bonchev–Trinajstić information content (AvgIpc) is 3.12. The van der Waals surface area contributed by atoms with Crippen LogP contribution in [0.3, 0.4) is 0 Å². The van der Waals surface area contributed by atoms with Gasteiger partial charge in [0.05, 0.1) is 5.60 Å². The molecule has 0 bridgehead atoms. The summed E-state index contributed by atoms with van der Waals surface area (Å²) in [6, 6.07) is 1.40. The van der Waals surface area contributed by atoms with Crippen LogP contribution in [-0.2, 0) is 0 Å². The van der Waals surface area contributed by atoms with Crippen molar-refractivity contribution in [2.75, 3.05) is 20.1 Å². The molecule has 3 nitrogen and oxygen atoms in total. The maximum absolute atomic E-state index is 10.4. The van der Waals surface area contributed by atoms with Gasteiger partial charge in [0.2, 0.25) is 0 Å². The van der Waals surface area contributed by atoms with E-state index in [4.69, 9.17) is 0 Å². The van der Waals surface area contributed by atoms with Crippen LogP contribution in [0, 0.1) is 0 Å². The maximum Gasteiger partial charge on any atom is 0.0771 e. The molecule has 0 radical (unpaired) electrons. The van der Waals surface area contributed by atoms with Gasteiger partial charge < -0.3 is 10.4 Å². The molecule has 2 rings (SSSR count). The number of hydrogen-bond donors (Lipinski definition) is 2. The molecule has 1 atom stereocenters. The van der Waals surface area contributed by atoms with Crippen LogP contribution in [0.4, 0.5) is 0 Å². The Kier molecular flexibility index (Phi) is 4.45. The Labute approximate surface area is 106 Å². The number of nitrogens with one attached hydrogen (secondary N) is 1. The third kappa shape index (κ3) is 3.94. The van der Waals surface area contributed by atoms with Crippen molar-refractivity contribution < 1.29 is 5.11 Å². The first-order valence-electron chi connectivity index (χ1n) is 7.26. The van der Waals surface area contributed by atoms with E-state index < -0.39 is 5.60 Å². The number of likely N-dealkylation sites (N-methyl/N-ethyl adjacent to an activating group) is 1. The Balaban J connectivity index is 1.64. The molecule has 0 amide bonds. The van der Waals surface area contributed by atoms with Gasteiger partial charge in [0.25, 0.3) is 0 Å². The third-order valence-corrected chi connectivity index (χ3v) is 4.50. The second-order valence-electron chi connectivity index (χ2n) is 6.16. The summed E-state index contributed by atoms with van der Waals surface area (Å²) in [4.78, 5) is 2.47. The summed E-state index contributed by atoms with van der Waals surface area (Å²) in [6.07, 6.45) is 8.36. The molecule has 2 aliphatic rings. The van der Waals surface area contributed by atoms with E-state index in [9.17, 15) is 5.11 Å². The van der Waals surface area contributed by atoms with E-state index in [-0.39, 0.29) is 0 Å². The van der Waals surface area contributed by atoms with E-state index in [0.717, 1.165) is 32.0 Å². The summed E-state index contributed by atoms with van der Waals surface area (Å²) in [5.41, 5.74) is -0.421. The second-order valence-corrected chi connectivity index (χ2v) is 6.16. The monoisotopic (exact) mass is 240 g/mol. The first kappa shape index (κ1) is 13.3. The summed E-state index contributed by atoms with van der Waals surface area (Å²) in [6.45, 7) is 4.04. The van der Waals surface area contributed by atoms with Gasteiger partial charge in [-0.1, -0.05) is 19.3 Å². The highest BCUT2D eigenvalue weighted by Crippen LogP contribution is 2.28. The molecule has 2 fully saturated rings. The molecule has 100 valence electrons. The van der Waals surface area contributed by atoms with E-state index in [2.05, 4.69) is 24.2 Å². The second kappa shape index (κ2) is 5.68. The molecule has 1 unspecified atom stereocenters. The summed E-state index contributed by atoms with van der Waals surface area (Å²) < 4.78 is 0. The van der Waals surface area contributed by atoms with Crippen molar-refractivity contribution in [3.63, 3.8) is 0 Å². The fraction of sp³-hybridized carbons (Fsp3) is 1.00. The normalized spacial score (nSPS) is 26.1. The molecule has 2 N–H and O–H groups in total. The van der Waals surface area contributed by atoms with Crippen molar-refractivity contribution in [1.82, 2.24) is 10.2 Å². The highest BCUT2D eigenvalue weighted by atomic mass is 16.3. The molecule has 17 heavy (non-hydrogen) atoms. The van der Waals surface area contributed by atoms with Gasteiger partial charge in [-0.15, -0.1) is 0 Å². The van der Waals surface area contributed by atoms with Gasteiger partial charge in [0.1, 0.15) is 0 Å². The van der Waals surface area contributed by atoms with E-state index in [1.807, 2.05) is 0 Å². The highest BCUT2D eigenvalue weighted by molar-refractivity contribution is 4.88. The predicted octanol–water partition coefficient (Wildman–Crippen LogP) is 1.75. The molecule has 0 aromatic carbocycles.